The van der Waals surface area contributed by atoms with Crippen LogP contribution in [0.5, 0.6) is 11.6 Å². The molecule has 2 amide bonds. The molecule has 0 radical (unpaired) electrons. The van der Waals surface area contributed by atoms with E-state index in [0.29, 0.717) is 62.4 Å². The number of rotatable bonds is 8. The molecular weight excluding hydrogens is 632 g/mol. The van der Waals surface area contributed by atoms with Crippen LogP contribution in [0.15, 0.2) is 72.0 Å². The summed E-state index contributed by atoms with van der Waals surface area (Å²) < 4.78 is 12.5. The summed E-state index contributed by atoms with van der Waals surface area (Å²) in [5.74, 6) is 1.93. The van der Waals surface area contributed by atoms with Crippen molar-refractivity contribution in [2.24, 2.45) is 17.5 Å². The van der Waals surface area contributed by atoms with E-state index in [1.165, 1.54) is 5.57 Å². The molecule has 4 aliphatic rings. The minimum atomic E-state index is -0.465. The van der Waals surface area contributed by atoms with Gasteiger partial charge in [-0.15, -0.1) is 0 Å². The predicted octanol–water partition coefficient (Wildman–Crippen LogP) is 3.99. The Hall–Kier alpha value is -5.36. The number of aryl methyl sites for hydroxylation is 1. The van der Waals surface area contributed by atoms with E-state index in [4.69, 9.17) is 14.5 Å². The van der Waals surface area contributed by atoms with Gasteiger partial charge in [0.15, 0.2) is 11.6 Å². The van der Waals surface area contributed by atoms with Gasteiger partial charge in [-0.05, 0) is 66.8 Å². The quantitative estimate of drug-likeness (QED) is 0.276. The SMILES string of the molecule is COc1ccc(C2=NCc3ccc(N4CC[C@]5(CCN(CC(=O)N6CC=C(c7ccc(-c8ncn(C)n8)cc7)CC6)C5)C4=O)cc32)nc1OC. The number of pyridine rings is 1. The topological polar surface area (TPSA) is 118 Å². The van der Waals surface area contributed by atoms with Gasteiger partial charge in [0.05, 0.1) is 44.1 Å². The molecule has 12 nitrogen and oxygen atoms in total. The van der Waals surface area contributed by atoms with Gasteiger partial charge in [-0.25, -0.2) is 9.97 Å². The van der Waals surface area contributed by atoms with Crippen LogP contribution in [0.3, 0.4) is 0 Å². The Kier molecular flexibility index (Phi) is 8.18. The molecule has 2 saturated heterocycles. The van der Waals surface area contributed by atoms with Crippen LogP contribution in [0.4, 0.5) is 5.69 Å². The van der Waals surface area contributed by atoms with Gasteiger partial charge in [-0.1, -0.05) is 36.4 Å². The normalized spacial score (nSPS) is 20.3. The van der Waals surface area contributed by atoms with Crippen LogP contribution >= 0.6 is 0 Å². The first-order valence-electron chi connectivity index (χ1n) is 17.1. The molecule has 0 aliphatic carbocycles. The number of aliphatic imine (C=N–C) groups is 1. The number of benzene rings is 2. The Labute approximate surface area is 291 Å². The number of fused-ring (bicyclic) bond motifs is 1. The minimum absolute atomic E-state index is 0.116. The van der Waals surface area contributed by atoms with Gasteiger partial charge in [0.2, 0.25) is 11.8 Å². The van der Waals surface area contributed by atoms with Crippen molar-refractivity contribution in [2.45, 2.75) is 25.8 Å². The van der Waals surface area contributed by atoms with Gasteiger partial charge < -0.3 is 19.3 Å². The Bertz CT molecular complexity index is 2040. The first kappa shape index (κ1) is 31.9. The molecule has 0 saturated carbocycles. The molecule has 2 aromatic carbocycles. The Morgan fingerprint density at radius 3 is 2.52 bits per heavy atom. The molecule has 8 rings (SSSR count). The highest BCUT2D eigenvalue weighted by Crippen LogP contribution is 2.43. The molecule has 0 unspecified atom stereocenters. The van der Waals surface area contributed by atoms with E-state index in [2.05, 4.69) is 50.3 Å². The van der Waals surface area contributed by atoms with Gasteiger partial charge in [0.1, 0.15) is 6.33 Å². The average Bonchev–Trinajstić information content (AvgIpc) is 3.95. The number of carbonyl (C=O) groups excluding carboxylic acids is 2. The van der Waals surface area contributed by atoms with Crippen LogP contribution in [0.25, 0.3) is 17.0 Å². The number of aromatic nitrogens is 4. The fraction of sp³-hybridized carbons (Fsp3) is 0.368. The lowest BCUT2D eigenvalue weighted by Gasteiger charge is -2.29. The molecule has 12 heteroatoms. The van der Waals surface area contributed by atoms with E-state index < -0.39 is 5.41 Å². The molecule has 2 aromatic heterocycles. The zero-order valence-electron chi connectivity index (χ0n) is 28.6. The smallest absolute Gasteiger partial charge is 0.257 e. The summed E-state index contributed by atoms with van der Waals surface area (Å²) in [5.41, 5.74) is 7.35. The summed E-state index contributed by atoms with van der Waals surface area (Å²) in [5, 5.41) is 4.38. The number of nitrogens with zero attached hydrogens (tertiary/aromatic N) is 8. The Morgan fingerprint density at radius 2 is 1.78 bits per heavy atom. The Morgan fingerprint density at radius 1 is 0.960 bits per heavy atom. The first-order valence-corrected chi connectivity index (χ1v) is 17.1. The maximum atomic E-state index is 14.1. The van der Waals surface area contributed by atoms with E-state index in [9.17, 15) is 9.59 Å². The van der Waals surface area contributed by atoms with E-state index in [1.807, 2.05) is 47.2 Å². The largest absolute Gasteiger partial charge is 0.491 e. The third-order valence-electron chi connectivity index (χ3n) is 10.5. The van der Waals surface area contributed by atoms with E-state index >= 15 is 0 Å². The molecule has 0 bridgehead atoms. The number of anilines is 1. The van der Waals surface area contributed by atoms with Crippen LogP contribution in [0.1, 0.15) is 41.6 Å². The van der Waals surface area contributed by atoms with Crippen LogP contribution in [0, 0.1) is 5.41 Å². The lowest BCUT2D eigenvalue weighted by Crippen LogP contribution is -2.43. The fourth-order valence-electron chi connectivity index (χ4n) is 7.71. The maximum absolute atomic E-state index is 14.1. The highest BCUT2D eigenvalue weighted by molar-refractivity contribution is 6.15. The van der Waals surface area contributed by atoms with Crippen LogP contribution in [0.2, 0.25) is 0 Å². The van der Waals surface area contributed by atoms with Crippen molar-refractivity contribution in [3.63, 3.8) is 0 Å². The number of likely N-dealkylation sites (tertiary alicyclic amines) is 1. The summed E-state index contributed by atoms with van der Waals surface area (Å²) in [6, 6.07) is 18.2. The summed E-state index contributed by atoms with van der Waals surface area (Å²) in [7, 11) is 5.01. The van der Waals surface area contributed by atoms with Crippen molar-refractivity contribution >= 4 is 28.8 Å². The fourth-order valence-corrected chi connectivity index (χ4v) is 7.71. The zero-order chi connectivity index (χ0) is 34.4. The highest BCUT2D eigenvalue weighted by Gasteiger charge is 2.51. The molecular formula is C38H40N8O4. The van der Waals surface area contributed by atoms with E-state index in [0.717, 1.165) is 59.5 Å². The number of carbonyl (C=O) groups is 2. The maximum Gasteiger partial charge on any atom is 0.257 e. The van der Waals surface area contributed by atoms with Gasteiger partial charge >= 0.3 is 0 Å². The van der Waals surface area contributed by atoms with Crippen LogP contribution in [-0.4, -0.2) is 101 Å². The number of hydrogen-bond acceptors (Lipinski definition) is 9. The average molecular weight is 673 g/mol. The van der Waals surface area contributed by atoms with E-state index in [1.54, 1.807) is 25.2 Å². The molecule has 1 spiro atoms. The monoisotopic (exact) mass is 672 g/mol. The van der Waals surface area contributed by atoms with E-state index in [-0.39, 0.29) is 11.8 Å². The summed E-state index contributed by atoms with van der Waals surface area (Å²) in [4.78, 5) is 47.2. The zero-order valence-corrected chi connectivity index (χ0v) is 28.6. The van der Waals surface area contributed by atoms with Crippen LogP contribution in [-0.2, 0) is 23.2 Å². The summed E-state index contributed by atoms with van der Waals surface area (Å²) in [6.45, 7) is 4.17. The molecule has 2 fully saturated rings. The molecule has 4 aliphatic heterocycles. The second-order valence-electron chi connectivity index (χ2n) is 13.5. The molecule has 50 heavy (non-hydrogen) atoms. The van der Waals surface area contributed by atoms with Gasteiger partial charge in [0.25, 0.3) is 5.88 Å². The molecule has 256 valence electrons. The lowest BCUT2D eigenvalue weighted by atomic mass is 9.85. The number of hydrogen-bond donors (Lipinski definition) is 0. The van der Waals surface area contributed by atoms with Crippen molar-refractivity contribution in [1.29, 1.82) is 0 Å². The Balaban J connectivity index is 0.889. The van der Waals surface area contributed by atoms with Crippen molar-refractivity contribution in [2.75, 3.05) is 58.4 Å². The molecule has 6 heterocycles. The number of methoxy groups -OCH3 is 2. The highest BCUT2D eigenvalue weighted by atomic mass is 16.5. The van der Waals surface area contributed by atoms with Gasteiger partial charge in [-0.2, -0.15) is 5.10 Å². The van der Waals surface area contributed by atoms with Crippen molar-refractivity contribution in [1.82, 2.24) is 29.5 Å². The van der Waals surface area contributed by atoms with Gasteiger partial charge in [-0.3, -0.25) is 24.2 Å². The molecule has 1 atom stereocenters. The summed E-state index contributed by atoms with van der Waals surface area (Å²) >= 11 is 0. The second kappa shape index (κ2) is 12.8. The minimum Gasteiger partial charge on any atom is -0.491 e. The van der Waals surface area contributed by atoms with Crippen molar-refractivity contribution < 1.29 is 19.1 Å². The van der Waals surface area contributed by atoms with Crippen LogP contribution < -0.4 is 14.4 Å². The molecule has 4 aromatic rings. The molecule has 0 N–H and O–H groups in total. The summed E-state index contributed by atoms with van der Waals surface area (Å²) in [6.07, 6.45) is 6.20. The van der Waals surface area contributed by atoms with Crippen molar-refractivity contribution in [3.05, 3.63) is 89.4 Å². The second-order valence-corrected chi connectivity index (χ2v) is 13.5. The van der Waals surface area contributed by atoms with Crippen molar-refractivity contribution in [3.8, 4) is 23.0 Å². The third kappa shape index (κ3) is 5.73. The third-order valence-corrected chi connectivity index (χ3v) is 10.5. The standard InChI is InChI=1S/C38H40N8O4/c1-43-24-40-35(42-43)27-6-4-25(5-7-27)26-12-16-45(17-13-26)33(47)22-44-18-14-38(23-44)15-19-46(37(38)48)29-9-8-28-21-39-34(30(28)20-29)31-10-11-32(49-2)36(41-31)50-3/h4-12,20,24H,13-19,21-23H2,1-3H3/t38-/m0/s1. The first-order chi connectivity index (χ1) is 24.3. The predicted molar refractivity (Wildman–Crippen MR) is 189 cm³/mol. The lowest BCUT2D eigenvalue weighted by molar-refractivity contribution is -0.132. The van der Waals surface area contributed by atoms with Gasteiger partial charge in [0, 0.05) is 50.0 Å². The number of ether oxygens (including phenoxy) is 2. The number of amides is 2.